The van der Waals surface area contributed by atoms with Crippen molar-refractivity contribution in [1.82, 2.24) is 0 Å². The van der Waals surface area contributed by atoms with Crippen molar-refractivity contribution in [2.24, 2.45) is 0 Å². The second kappa shape index (κ2) is 10.1. The second-order valence-electron chi connectivity index (χ2n) is 8.98. The minimum absolute atomic E-state index is 0.237. The van der Waals surface area contributed by atoms with Crippen LogP contribution in [0, 0.1) is 0 Å². The van der Waals surface area contributed by atoms with Gasteiger partial charge in [0.05, 0.1) is 13.6 Å². The van der Waals surface area contributed by atoms with Gasteiger partial charge < -0.3 is 14.9 Å². The summed E-state index contributed by atoms with van der Waals surface area (Å²) in [6.07, 6.45) is -0.820. The van der Waals surface area contributed by atoms with Gasteiger partial charge in [0.1, 0.15) is 11.5 Å². The van der Waals surface area contributed by atoms with Gasteiger partial charge in [-0.2, -0.15) is 0 Å². The Morgan fingerprint density at radius 1 is 0.842 bits per heavy atom. The van der Waals surface area contributed by atoms with Crippen LogP contribution in [0.3, 0.4) is 0 Å². The first-order valence-electron chi connectivity index (χ1n) is 11.9. The van der Waals surface area contributed by atoms with Gasteiger partial charge in [0.15, 0.2) is 6.10 Å². The average molecular weight is 648 g/mol. The number of rotatable bonds is 6. The van der Waals surface area contributed by atoms with E-state index in [1.54, 1.807) is 11.3 Å². The minimum atomic E-state index is -1.06. The predicted octanol–water partition coefficient (Wildman–Crippen LogP) is 9.18. The molecule has 0 bridgehead atoms. The van der Waals surface area contributed by atoms with Crippen molar-refractivity contribution in [1.29, 1.82) is 0 Å². The van der Waals surface area contributed by atoms with Crippen molar-refractivity contribution in [2.45, 2.75) is 12.5 Å². The van der Waals surface area contributed by atoms with Gasteiger partial charge in [-0.25, -0.2) is 4.79 Å². The van der Waals surface area contributed by atoms with E-state index in [1.165, 1.54) is 0 Å². The third-order valence-corrected chi connectivity index (χ3v) is 8.95. The molecule has 0 amide bonds. The SMILES string of the molecule is O=C(O)[C@@H](Cc1ccccc1)Oc1c(Br)cc(-c2c3ccccc3c(O)c3sc4ccccc4c23)cc1Br. The maximum atomic E-state index is 12.1. The molecule has 188 valence electrons. The number of hydrogen-bond donors (Lipinski definition) is 2. The topological polar surface area (TPSA) is 66.8 Å². The van der Waals surface area contributed by atoms with E-state index in [-0.39, 0.29) is 12.2 Å². The molecule has 1 atom stereocenters. The van der Waals surface area contributed by atoms with Crippen molar-refractivity contribution in [3.63, 3.8) is 0 Å². The van der Waals surface area contributed by atoms with Crippen LogP contribution in [0.2, 0.25) is 0 Å². The molecule has 4 nitrogen and oxygen atoms in total. The number of aliphatic carboxylic acids is 1. The number of halogens is 2. The number of phenolic OH excluding ortho intramolecular Hbond substituents is 1. The molecule has 0 spiro atoms. The van der Waals surface area contributed by atoms with Crippen LogP contribution in [0.15, 0.2) is 99.9 Å². The third-order valence-electron chi connectivity index (χ3n) is 6.60. The van der Waals surface area contributed by atoms with Gasteiger partial charge >= 0.3 is 5.97 Å². The number of aromatic hydroxyl groups is 1. The molecule has 0 saturated carbocycles. The average Bonchev–Trinajstić information content (AvgIpc) is 3.30. The Kier molecular flexibility index (Phi) is 6.60. The summed E-state index contributed by atoms with van der Waals surface area (Å²) < 4.78 is 9.24. The van der Waals surface area contributed by atoms with E-state index >= 15 is 0 Å². The predicted molar refractivity (Wildman–Crippen MR) is 162 cm³/mol. The van der Waals surface area contributed by atoms with Gasteiger partial charge in [-0.15, -0.1) is 11.3 Å². The number of thiophene rings is 1. The summed E-state index contributed by atoms with van der Waals surface area (Å²) >= 11 is 8.87. The lowest BCUT2D eigenvalue weighted by atomic mass is 9.93. The first-order chi connectivity index (χ1) is 18.4. The Balaban J connectivity index is 1.52. The van der Waals surface area contributed by atoms with E-state index in [1.807, 2.05) is 78.9 Å². The molecule has 6 rings (SSSR count). The van der Waals surface area contributed by atoms with Crippen LogP contribution < -0.4 is 4.74 Å². The van der Waals surface area contributed by atoms with Crippen LogP contribution in [0.5, 0.6) is 11.5 Å². The smallest absolute Gasteiger partial charge is 0.345 e. The maximum absolute atomic E-state index is 12.1. The summed E-state index contributed by atoms with van der Waals surface area (Å²) in [4.78, 5) is 12.1. The minimum Gasteiger partial charge on any atom is -0.506 e. The second-order valence-corrected chi connectivity index (χ2v) is 11.7. The van der Waals surface area contributed by atoms with Crippen LogP contribution in [-0.4, -0.2) is 22.3 Å². The highest BCUT2D eigenvalue weighted by molar-refractivity contribution is 9.11. The van der Waals surface area contributed by atoms with Gasteiger partial charge in [-0.05, 0) is 72.1 Å². The Bertz CT molecular complexity index is 1820. The zero-order valence-electron chi connectivity index (χ0n) is 19.8. The lowest BCUT2D eigenvalue weighted by molar-refractivity contribution is -0.145. The fourth-order valence-electron chi connectivity index (χ4n) is 4.89. The highest BCUT2D eigenvalue weighted by Gasteiger charge is 2.25. The van der Waals surface area contributed by atoms with E-state index in [2.05, 4.69) is 44.0 Å². The lowest BCUT2D eigenvalue weighted by Crippen LogP contribution is -2.29. The summed E-state index contributed by atoms with van der Waals surface area (Å²) in [5.41, 5.74) is 2.79. The van der Waals surface area contributed by atoms with Crippen LogP contribution in [-0.2, 0) is 11.2 Å². The van der Waals surface area contributed by atoms with Crippen molar-refractivity contribution < 1.29 is 19.7 Å². The molecule has 0 saturated heterocycles. The summed E-state index contributed by atoms with van der Waals surface area (Å²) in [6, 6.07) is 29.3. The number of phenols is 1. The van der Waals surface area contributed by atoms with Gasteiger partial charge in [0.2, 0.25) is 0 Å². The van der Waals surface area contributed by atoms with Gasteiger partial charge in [0, 0.05) is 27.3 Å². The van der Waals surface area contributed by atoms with E-state index in [0.29, 0.717) is 14.7 Å². The molecule has 7 heteroatoms. The largest absolute Gasteiger partial charge is 0.506 e. The highest BCUT2D eigenvalue weighted by atomic mass is 79.9. The Morgan fingerprint density at radius 2 is 1.45 bits per heavy atom. The van der Waals surface area contributed by atoms with Crippen LogP contribution in [0.25, 0.3) is 42.1 Å². The monoisotopic (exact) mass is 646 g/mol. The molecule has 0 unspecified atom stereocenters. The summed E-state index contributed by atoms with van der Waals surface area (Å²) in [5, 5.41) is 24.9. The van der Waals surface area contributed by atoms with Crippen molar-refractivity contribution in [2.75, 3.05) is 0 Å². The van der Waals surface area contributed by atoms with Gasteiger partial charge in [-0.3, -0.25) is 0 Å². The van der Waals surface area contributed by atoms with Crippen LogP contribution in [0.1, 0.15) is 5.56 Å². The zero-order chi connectivity index (χ0) is 26.4. The number of hydrogen-bond acceptors (Lipinski definition) is 4. The van der Waals surface area contributed by atoms with E-state index < -0.39 is 12.1 Å². The van der Waals surface area contributed by atoms with E-state index in [9.17, 15) is 15.0 Å². The first kappa shape index (κ1) is 24.9. The van der Waals surface area contributed by atoms with Crippen LogP contribution in [0.4, 0.5) is 0 Å². The lowest BCUT2D eigenvalue weighted by Gasteiger charge is -2.19. The molecule has 0 fully saturated rings. The summed E-state index contributed by atoms with van der Waals surface area (Å²) in [5.74, 6) is -0.330. The molecule has 0 radical (unpaired) electrons. The fraction of sp³-hybridized carbons (Fsp3) is 0.0645. The zero-order valence-corrected chi connectivity index (χ0v) is 23.8. The molecule has 0 aliphatic carbocycles. The van der Waals surface area contributed by atoms with Crippen LogP contribution >= 0.6 is 43.2 Å². The number of carboxylic acid groups (broad SMARTS) is 1. The first-order valence-corrected chi connectivity index (χ1v) is 14.3. The standard InChI is InChI=1S/C31H20Br2O4S/c32-22-15-18(16-23(33)29(22)37-24(31(35)36)14-17-8-2-1-3-9-17)26-19-10-4-5-11-20(19)28(34)30-27(26)21-12-6-7-13-25(21)38-30/h1-13,15-16,24,34H,14H2,(H,35,36)/t24-/m1/s1. The van der Waals surface area contributed by atoms with Crippen molar-refractivity contribution in [3.8, 4) is 22.6 Å². The molecule has 2 N–H and O–H groups in total. The van der Waals surface area contributed by atoms with Gasteiger partial charge in [0.25, 0.3) is 0 Å². The van der Waals surface area contributed by atoms with Gasteiger partial charge in [-0.1, -0.05) is 72.8 Å². The Morgan fingerprint density at radius 3 is 2.13 bits per heavy atom. The van der Waals surface area contributed by atoms with E-state index in [4.69, 9.17) is 4.74 Å². The molecular weight excluding hydrogens is 628 g/mol. The molecule has 0 aliphatic heterocycles. The normalized spacial score (nSPS) is 12.3. The molecule has 1 aromatic heterocycles. The fourth-order valence-corrected chi connectivity index (χ4v) is 7.43. The number of ether oxygens (including phenoxy) is 1. The quantitative estimate of drug-likeness (QED) is 0.189. The molecule has 38 heavy (non-hydrogen) atoms. The highest BCUT2D eigenvalue weighted by Crippen LogP contribution is 2.50. The number of benzene rings is 5. The number of fused-ring (bicyclic) bond motifs is 4. The molecule has 1 heterocycles. The van der Waals surface area contributed by atoms with Crippen molar-refractivity contribution in [3.05, 3.63) is 106 Å². The molecular formula is C31H20Br2O4S. The third kappa shape index (κ3) is 4.34. The van der Waals surface area contributed by atoms with E-state index in [0.717, 1.165) is 47.6 Å². The Hall–Kier alpha value is -3.39. The number of carbonyl (C=O) groups is 1. The molecule has 6 aromatic rings. The maximum Gasteiger partial charge on any atom is 0.345 e. The molecule has 5 aromatic carbocycles. The van der Waals surface area contributed by atoms with Crippen molar-refractivity contribution >= 4 is 80.1 Å². The Labute approximate surface area is 239 Å². The molecule has 0 aliphatic rings. The summed E-state index contributed by atoms with van der Waals surface area (Å²) in [7, 11) is 0. The number of carboxylic acids is 1. The summed E-state index contributed by atoms with van der Waals surface area (Å²) in [6.45, 7) is 0.